The number of rotatable bonds is 7. The Labute approximate surface area is 165 Å². The summed E-state index contributed by atoms with van der Waals surface area (Å²) in [5.74, 6) is 2.52. The minimum Gasteiger partial charge on any atom is -0.467 e. The molecule has 0 radical (unpaired) electrons. The van der Waals surface area contributed by atoms with Gasteiger partial charge in [0, 0.05) is 17.8 Å². The third kappa shape index (κ3) is 7.33. The molecule has 0 spiro atoms. The summed E-state index contributed by atoms with van der Waals surface area (Å²) >= 11 is 2.00. The molecule has 0 saturated carbocycles. The van der Waals surface area contributed by atoms with Crippen LogP contribution in [0.3, 0.4) is 0 Å². The van der Waals surface area contributed by atoms with Crippen molar-refractivity contribution in [2.75, 3.05) is 25.4 Å². The zero-order valence-electron chi connectivity index (χ0n) is 14.3. The van der Waals surface area contributed by atoms with Gasteiger partial charge in [0.2, 0.25) is 5.91 Å². The predicted molar refractivity (Wildman–Crippen MR) is 110 cm³/mol. The summed E-state index contributed by atoms with van der Waals surface area (Å²) < 4.78 is 5.44. The topological polar surface area (TPSA) is 78.7 Å². The van der Waals surface area contributed by atoms with Gasteiger partial charge in [-0.1, -0.05) is 0 Å². The van der Waals surface area contributed by atoms with Crippen molar-refractivity contribution in [3.63, 3.8) is 0 Å². The number of furan rings is 1. The Hall–Kier alpha value is -0.900. The molecule has 1 amide bonds. The van der Waals surface area contributed by atoms with Crippen LogP contribution in [0.5, 0.6) is 0 Å². The van der Waals surface area contributed by atoms with E-state index in [9.17, 15) is 4.79 Å². The summed E-state index contributed by atoms with van der Waals surface area (Å²) in [5.41, 5.74) is 0. The maximum atomic E-state index is 11.9. The number of hydrogen-bond acceptors (Lipinski definition) is 4. The van der Waals surface area contributed by atoms with Crippen molar-refractivity contribution in [1.29, 1.82) is 0 Å². The summed E-state index contributed by atoms with van der Waals surface area (Å²) in [6.07, 6.45) is 4.08. The minimum atomic E-state index is -0.125. The second kappa shape index (κ2) is 10.9. The van der Waals surface area contributed by atoms with E-state index in [0.717, 1.165) is 18.8 Å². The largest absolute Gasteiger partial charge is 0.467 e. The lowest BCUT2D eigenvalue weighted by atomic mass is 10.1. The van der Waals surface area contributed by atoms with Crippen LogP contribution in [0.15, 0.2) is 27.8 Å². The molecule has 0 aromatic carbocycles. The maximum Gasteiger partial charge on any atom is 0.242 e. The average molecular weight is 466 g/mol. The Morgan fingerprint density at radius 1 is 1.42 bits per heavy atom. The molecule has 8 heteroatoms. The SMILES string of the molecule is CCNC(=NCC(=O)NCc1ccco1)NCC1(C)CCCS1.I. The van der Waals surface area contributed by atoms with E-state index in [1.807, 2.05) is 24.8 Å². The number of halogens is 1. The zero-order valence-corrected chi connectivity index (χ0v) is 17.4. The molecule has 0 aliphatic carbocycles. The molecule has 1 aromatic heterocycles. The van der Waals surface area contributed by atoms with Crippen LogP contribution in [0.4, 0.5) is 0 Å². The van der Waals surface area contributed by atoms with Crippen molar-refractivity contribution in [2.24, 2.45) is 4.99 Å². The highest BCUT2D eigenvalue weighted by molar-refractivity contribution is 14.0. The minimum absolute atomic E-state index is 0. The van der Waals surface area contributed by atoms with Crippen molar-refractivity contribution in [1.82, 2.24) is 16.0 Å². The van der Waals surface area contributed by atoms with E-state index in [1.165, 1.54) is 18.6 Å². The molecule has 3 N–H and O–H groups in total. The van der Waals surface area contributed by atoms with Crippen LogP contribution in [0.1, 0.15) is 32.4 Å². The van der Waals surface area contributed by atoms with Crippen molar-refractivity contribution >= 4 is 47.6 Å². The van der Waals surface area contributed by atoms with E-state index in [0.29, 0.717) is 12.5 Å². The Morgan fingerprint density at radius 2 is 2.25 bits per heavy atom. The van der Waals surface area contributed by atoms with Crippen LogP contribution in [-0.2, 0) is 11.3 Å². The van der Waals surface area contributed by atoms with Gasteiger partial charge in [-0.2, -0.15) is 11.8 Å². The molecule has 1 aromatic rings. The fraction of sp³-hybridized carbons (Fsp3) is 0.625. The molecule has 1 aliphatic heterocycles. The summed E-state index contributed by atoms with van der Waals surface area (Å²) in [6, 6.07) is 3.63. The van der Waals surface area contributed by atoms with Gasteiger partial charge in [0.25, 0.3) is 0 Å². The first-order chi connectivity index (χ1) is 11.1. The van der Waals surface area contributed by atoms with Crippen molar-refractivity contribution in [2.45, 2.75) is 38.0 Å². The molecule has 2 heterocycles. The Balaban J connectivity index is 0.00000288. The van der Waals surface area contributed by atoms with E-state index < -0.39 is 0 Å². The number of carbonyl (C=O) groups excluding carboxylic acids is 1. The number of nitrogens with one attached hydrogen (secondary N) is 3. The van der Waals surface area contributed by atoms with Gasteiger partial charge < -0.3 is 20.4 Å². The number of thioether (sulfide) groups is 1. The van der Waals surface area contributed by atoms with Gasteiger partial charge in [-0.3, -0.25) is 4.79 Å². The molecule has 136 valence electrons. The van der Waals surface area contributed by atoms with E-state index in [1.54, 1.807) is 12.3 Å². The number of guanidine groups is 1. The molecular formula is C16H27IN4O2S. The Bertz CT molecular complexity index is 516. The number of amides is 1. The van der Waals surface area contributed by atoms with Gasteiger partial charge in [-0.05, 0) is 44.6 Å². The lowest BCUT2D eigenvalue weighted by Crippen LogP contribution is -2.44. The number of hydrogen-bond donors (Lipinski definition) is 3. The van der Waals surface area contributed by atoms with Crippen molar-refractivity contribution < 1.29 is 9.21 Å². The first kappa shape index (κ1) is 21.1. The first-order valence-electron chi connectivity index (χ1n) is 8.06. The molecule has 0 bridgehead atoms. The highest BCUT2D eigenvalue weighted by atomic mass is 127. The monoisotopic (exact) mass is 466 g/mol. The fourth-order valence-electron chi connectivity index (χ4n) is 2.39. The van der Waals surface area contributed by atoms with Crippen LogP contribution >= 0.6 is 35.7 Å². The third-order valence-electron chi connectivity index (χ3n) is 3.70. The predicted octanol–water partition coefficient (Wildman–Crippen LogP) is 2.35. The molecular weight excluding hydrogens is 439 g/mol. The van der Waals surface area contributed by atoms with Crippen LogP contribution in [0, 0.1) is 0 Å². The molecule has 1 saturated heterocycles. The number of aliphatic imine (C=N–C) groups is 1. The van der Waals surface area contributed by atoms with Crippen LogP contribution in [0.25, 0.3) is 0 Å². The van der Waals surface area contributed by atoms with Gasteiger partial charge in [-0.25, -0.2) is 4.99 Å². The van der Waals surface area contributed by atoms with Crippen molar-refractivity contribution in [3.8, 4) is 0 Å². The standard InChI is InChI=1S/C16H26N4O2S.HI/c1-3-17-15(20-12-16(2)7-5-9-23-16)19-11-14(21)18-10-13-6-4-8-22-13;/h4,6,8H,3,5,7,9-12H2,1-2H3,(H,18,21)(H2,17,19,20);1H. The smallest absolute Gasteiger partial charge is 0.242 e. The molecule has 24 heavy (non-hydrogen) atoms. The van der Waals surface area contributed by atoms with Gasteiger partial charge in [0.15, 0.2) is 5.96 Å². The molecule has 1 atom stereocenters. The van der Waals surface area contributed by atoms with Gasteiger partial charge >= 0.3 is 0 Å². The van der Waals surface area contributed by atoms with Gasteiger partial charge in [-0.15, -0.1) is 24.0 Å². The molecule has 6 nitrogen and oxygen atoms in total. The van der Waals surface area contributed by atoms with Crippen LogP contribution in [0.2, 0.25) is 0 Å². The first-order valence-corrected chi connectivity index (χ1v) is 9.05. The zero-order chi connectivity index (χ0) is 16.5. The highest BCUT2D eigenvalue weighted by Crippen LogP contribution is 2.36. The van der Waals surface area contributed by atoms with Gasteiger partial charge in [0.1, 0.15) is 12.3 Å². The Kier molecular flexibility index (Phi) is 9.57. The van der Waals surface area contributed by atoms with Gasteiger partial charge in [0.05, 0.1) is 12.8 Å². The highest BCUT2D eigenvalue weighted by Gasteiger charge is 2.29. The maximum absolute atomic E-state index is 11.9. The van der Waals surface area contributed by atoms with E-state index in [2.05, 4.69) is 27.9 Å². The summed E-state index contributed by atoms with van der Waals surface area (Å²) in [4.78, 5) is 16.2. The molecule has 1 unspecified atom stereocenters. The lowest BCUT2D eigenvalue weighted by molar-refractivity contribution is -0.119. The summed E-state index contributed by atoms with van der Waals surface area (Å²) in [7, 11) is 0. The normalized spacial score (nSPS) is 20.3. The van der Waals surface area contributed by atoms with Crippen LogP contribution < -0.4 is 16.0 Å². The average Bonchev–Trinajstić information content (AvgIpc) is 3.20. The van der Waals surface area contributed by atoms with E-state index in [-0.39, 0.29) is 41.2 Å². The molecule has 1 fully saturated rings. The van der Waals surface area contributed by atoms with Crippen molar-refractivity contribution in [3.05, 3.63) is 24.2 Å². The summed E-state index contributed by atoms with van der Waals surface area (Å²) in [5, 5.41) is 9.32. The summed E-state index contributed by atoms with van der Waals surface area (Å²) in [6.45, 7) is 6.40. The second-order valence-electron chi connectivity index (χ2n) is 5.81. The molecule has 1 aliphatic rings. The number of carbonyl (C=O) groups is 1. The quantitative estimate of drug-likeness (QED) is 0.327. The lowest BCUT2D eigenvalue weighted by Gasteiger charge is -2.24. The van der Waals surface area contributed by atoms with E-state index in [4.69, 9.17) is 4.42 Å². The third-order valence-corrected chi connectivity index (χ3v) is 5.23. The van der Waals surface area contributed by atoms with E-state index >= 15 is 0 Å². The molecule has 2 rings (SSSR count). The number of nitrogens with zero attached hydrogens (tertiary/aromatic N) is 1. The fourth-order valence-corrected chi connectivity index (χ4v) is 3.64. The second-order valence-corrected chi connectivity index (χ2v) is 7.49. The van der Waals surface area contributed by atoms with Crippen LogP contribution in [-0.4, -0.2) is 42.0 Å². The Morgan fingerprint density at radius 3 is 2.88 bits per heavy atom.